The van der Waals surface area contributed by atoms with Crippen molar-refractivity contribution in [3.63, 3.8) is 0 Å². The summed E-state index contributed by atoms with van der Waals surface area (Å²) in [7, 11) is 0. The van der Waals surface area contributed by atoms with Gasteiger partial charge in [-0.1, -0.05) is 0 Å². The van der Waals surface area contributed by atoms with Crippen molar-refractivity contribution in [1.82, 2.24) is 0 Å². The summed E-state index contributed by atoms with van der Waals surface area (Å²) < 4.78 is 24.6. The fraction of sp³-hybridized carbons (Fsp3) is 1.00. The second kappa shape index (κ2) is 4.38. The Balaban J connectivity index is 1.80. The van der Waals surface area contributed by atoms with E-state index in [4.69, 9.17) is 9.47 Å². The fourth-order valence-corrected chi connectivity index (χ4v) is 2.60. The SMILES string of the molecule is CC1OCC(C2CCC(C)(F)CC2)CO1. The van der Waals surface area contributed by atoms with Crippen LogP contribution in [0.15, 0.2) is 0 Å². The molecule has 15 heavy (non-hydrogen) atoms. The molecule has 0 unspecified atom stereocenters. The summed E-state index contributed by atoms with van der Waals surface area (Å²) in [6.07, 6.45) is 3.31. The predicted octanol–water partition coefficient (Wildman–Crippen LogP) is 2.91. The van der Waals surface area contributed by atoms with E-state index in [1.807, 2.05) is 6.92 Å². The highest BCUT2D eigenvalue weighted by Gasteiger charge is 2.35. The van der Waals surface area contributed by atoms with Crippen LogP contribution in [0, 0.1) is 11.8 Å². The zero-order chi connectivity index (χ0) is 10.9. The maximum atomic E-state index is 13.6. The van der Waals surface area contributed by atoms with Crippen molar-refractivity contribution in [2.45, 2.75) is 51.5 Å². The number of hydrogen-bond donors (Lipinski definition) is 0. The van der Waals surface area contributed by atoms with Gasteiger partial charge in [-0.25, -0.2) is 4.39 Å². The molecule has 1 heterocycles. The smallest absolute Gasteiger partial charge is 0.154 e. The van der Waals surface area contributed by atoms with Gasteiger partial charge < -0.3 is 9.47 Å². The van der Waals surface area contributed by atoms with Crippen LogP contribution in [0.5, 0.6) is 0 Å². The van der Waals surface area contributed by atoms with Gasteiger partial charge in [0.05, 0.1) is 13.2 Å². The first-order valence-electron chi connectivity index (χ1n) is 5.99. The standard InChI is InChI=1S/C12H21FO2/c1-9-14-7-11(8-15-9)10-3-5-12(2,13)6-4-10/h9-11H,3-8H2,1-2H3. The summed E-state index contributed by atoms with van der Waals surface area (Å²) >= 11 is 0. The van der Waals surface area contributed by atoms with Crippen LogP contribution >= 0.6 is 0 Å². The molecule has 2 aliphatic rings. The van der Waals surface area contributed by atoms with Crippen LogP contribution < -0.4 is 0 Å². The molecular weight excluding hydrogens is 195 g/mol. The van der Waals surface area contributed by atoms with Gasteiger partial charge in [0.25, 0.3) is 0 Å². The lowest BCUT2D eigenvalue weighted by molar-refractivity contribution is -0.201. The minimum Gasteiger partial charge on any atom is -0.353 e. The lowest BCUT2D eigenvalue weighted by atomic mass is 9.75. The maximum Gasteiger partial charge on any atom is 0.154 e. The Morgan fingerprint density at radius 1 is 1.07 bits per heavy atom. The second-order valence-electron chi connectivity index (χ2n) is 5.25. The Labute approximate surface area is 91.1 Å². The first-order valence-corrected chi connectivity index (χ1v) is 5.99. The largest absolute Gasteiger partial charge is 0.353 e. The van der Waals surface area contributed by atoms with E-state index in [0.717, 1.165) is 26.1 Å². The van der Waals surface area contributed by atoms with E-state index in [9.17, 15) is 4.39 Å². The molecule has 3 heteroatoms. The van der Waals surface area contributed by atoms with Crippen LogP contribution in [-0.4, -0.2) is 25.2 Å². The van der Waals surface area contributed by atoms with E-state index < -0.39 is 5.67 Å². The van der Waals surface area contributed by atoms with Gasteiger partial charge in [-0.2, -0.15) is 0 Å². The van der Waals surface area contributed by atoms with E-state index in [-0.39, 0.29) is 6.29 Å². The molecule has 1 aliphatic heterocycles. The molecule has 0 bridgehead atoms. The van der Waals surface area contributed by atoms with Gasteiger partial charge in [-0.3, -0.25) is 0 Å². The predicted molar refractivity (Wildman–Crippen MR) is 56.3 cm³/mol. The van der Waals surface area contributed by atoms with Gasteiger partial charge >= 0.3 is 0 Å². The maximum absolute atomic E-state index is 13.6. The Hall–Kier alpha value is -0.150. The van der Waals surface area contributed by atoms with Crippen molar-refractivity contribution in [2.24, 2.45) is 11.8 Å². The molecular formula is C12H21FO2. The quantitative estimate of drug-likeness (QED) is 0.671. The van der Waals surface area contributed by atoms with Crippen molar-refractivity contribution in [3.8, 4) is 0 Å². The summed E-state index contributed by atoms with van der Waals surface area (Å²) in [6, 6.07) is 0. The van der Waals surface area contributed by atoms with Crippen molar-refractivity contribution < 1.29 is 13.9 Å². The lowest BCUT2D eigenvalue weighted by Gasteiger charge is -2.38. The summed E-state index contributed by atoms with van der Waals surface area (Å²) in [6.45, 7) is 5.22. The fourth-order valence-electron chi connectivity index (χ4n) is 2.60. The molecule has 0 aromatic rings. The zero-order valence-electron chi connectivity index (χ0n) is 9.67. The van der Waals surface area contributed by atoms with Gasteiger partial charge in [0.2, 0.25) is 0 Å². The molecule has 1 saturated carbocycles. The molecule has 0 spiro atoms. The third-order valence-electron chi connectivity index (χ3n) is 3.83. The van der Waals surface area contributed by atoms with E-state index in [0.29, 0.717) is 24.7 Å². The van der Waals surface area contributed by atoms with Crippen LogP contribution in [0.4, 0.5) is 4.39 Å². The molecule has 2 rings (SSSR count). The molecule has 2 nitrogen and oxygen atoms in total. The van der Waals surface area contributed by atoms with Crippen molar-refractivity contribution in [3.05, 3.63) is 0 Å². The molecule has 0 amide bonds. The molecule has 0 atom stereocenters. The topological polar surface area (TPSA) is 18.5 Å². The normalized spacial score (nSPS) is 47.8. The third-order valence-corrected chi connectivity index (χ3v) is 3.83. The number of ether oxygens (including phenoxy) is 2. The lowest BCUT2D eigenvalue weighted by Crippen LogP contribution is -2.38. The van der Waals surface area contributed by atoms with Crippen LogP contribution in [0.25, 0.3) is 0 Å². The molecule has 0 aromatic carbocycles. The summed E-state index contributed by atoms with van der Waals surface area (Å²) in [5.41, 5.74) is -0.930. The molecule has 0 aromatic heterocycles. The molecule has 0 N–H and O–H groups in total. The average molecular weight is 216 g/mol. The van der Waals surface area contributed by atoms with E-state index in [2.05, 4.69) is 0 Å². The van der Waals surface area contributed by atoms with Gasteiger partial charge in [-0.05, 0) is 45.4 Å². The summed E-state index contributed by atoms with van der Waals surface area (Å²) in [5.74, 6) is 1.08. The monoisotopic (exact) mass is 216 g/mol. The Bertz CT molecular complexity index is 200. The average Bonchev–Trinajstić information content (AvgIpc) is 2.20. The molecule has 0 radical (unpaired) electrons. The number of hydrogen-bond acceptors (Lipinski definition) is 2. The van der Waals surface area contributed by atoms with E-state index >= 15 is 0 Å². The molecule has 1 aliphatic carbocycles. The van der Waals surface area contributed by atoms with Gasteiger partial charge in [0, 0.05) is 5.92 Å². The summed E-state index contributed by atoms with van der Waals surface area (Å²) in [5, 5.41) is 0. The van der Waals surface area contributed by atoms with Gasteiger partial charge in [-0.15, -0.1) is 0 Å². The minimum atomic E-state index is -0.930. The highest BCUT2D eigenvalue weighted by molar-refractivity contribution is 4.85. The van der Waals surface area contributed by atoms with Crippen LogP contribution in [0.2, 0.25) is 0 Å². The number of rotatable bonds is 1. The van der Waals surface area contributed by atoms with Crippen LogP contribution in [-0.2, 0) is 9.47 Å². The van der Waals surface area contributed by atoms with Crippen LogP contribution in [0.1, 0.15) is 39.5 Å². The molecule has 2 fully saturated rings. The summed E-state index contributed by atoms with van der Waals surface area (Å²) in [4.78, 5) is 0. The van der Waals surface area contributed by atoms with E-state index in [1.165, 1.54) is 0 Å². The number of alkyl halides is 1. The van der Waals surface area contributed by atoms with Gasteiger partial charge in [0.1, 0.15) is 5.67 Å². The first-order chi connectivity index (χ1) is 7.07. The number of halogens is 1. The van der Waals surface area contributed by atoms with E-state index in [1.54, 1.807) is 6.92 Å². The third kappa shape index (κ3) is 2.91. The Kier molecular flexibility index (Phi) is 3.31. The van der Waals surface area contributed by atoms with Gasteiger partial charge in [0.15, 0.2) is 6.29 Å². The highest BCUT2D eigenvalue weighted by Crippen LogP contribution is 2.38. The van der Waals surface area contributed by atoms with Crippen LogP contribution in [0.3, 0.4) is 0 Å². The second-order valence-corrected chi connectivity index (χ2v) is 5.25. The Morgan fingerprint density at radius 2 is 1.60 bits per heavy atom. The van der Waals surface area contributed by atoms with Crippen molar-refractivity contribution >= 4 is 0 Å². The van der Waals surface area contributed by atoms with Crippen molar-refractivity contribution in [2.75, 3.05) is 13.2 Å². The molecule has 1 saturated heterocycles. The molecule has 88 valence electrons. The Morgan fingerprint density at radius 3 is 2.13 bits per heavy atom. The minimum absolute atomic E-state index is 0.0590. The zero-order valence-corrected chi connectivity index (χ0v) is 9.67. The van der Waals surface area contributed by atoms with Crippen molar-refractivity contribution in [1.29, 1.82) is 0 Å². The first kappa shape index (κ1) is 11.3. The highest BCUT2D eigenvalue weighted by atomic mass is 19.1.